The minimum atomic E-state index is -1.79. The van der Waals surface area contributed by atoms with Crippen molar-refractivity contribution in [1.29, 1.82) is 0 Å². The molecule has 1 aromatic rings. The lowest BCUT2D eigenvalue weighted by molar-refractivity contribution is -0.303. The Hall–Kier alpha value is -1.64. The lowest BCUT2D eigenvalue weighted by atomic mass is 9.41. The van der Waals surface area contributed by atoms with Gasteiger partial charge in [-0.1, -0.05) is 13.0 Å². The molecule has 1 saturated heterocycles. The molecule has 0 unspecified atom stereocenters. The second kappa shape index (κ2) is 7.68. The Bertz CT molecular complexity index is 988. The molecule has 1 aromatic carbocycles. The average molecular weight is 482 g/mol. The van der Waals surface area contributed by atoms with Gasteiger partial charge in [0, 0.05) is 17.5 Å². The highest BCUT2D eigenvalue weighted by atomic mass is 19.1. The standard InChI is InChI=1S/C26H34F3NO4/c1-23-12-13-25(29)16(8-11-26(34)21(32)19(31)9-10-24(25,26)2)15(23)5-4-14-30(23)22(33)20-17(27)6-3-7-18(20)28/h3,6-7,15-16,19,21,31-32,34H,4-5,8-14H2,1-2H3/t15-,16-,19-,21-,23-,24+,25+,26+/m0/s1. The Morgan fingerprint density at radius 1 is 1.00 bits per heavy atom. The third-order valence-electron chi connectivity index (χ3n) is 10.3. The van der Waals surface area contributed by atoms with Crippen molar-refractivity contribution >= 4 is 5.91 Å². The van der Waals surface area contributed by atoms with Crippen LogP contribution in [0.3, 0.4) is 0 Å². The summed E-state index contributed by atoms with van der Waals surface area (Å²) < 4.78 is 46.2. The fourth-order valence-electron chi connectivity index (χ4n) is 8.24. The number of carbonyl (C=O) groups is 1. The Labute approximate surface area is 198 Å². The number of nitrogens with zero attached hydrogens (tertiary/aromatic N) is 1. The summed E-state index contributed by atoms with van der Waals surface area (Å²) >= 11 is 0. The van der Waals surface area contributed by atoms with Gasteiger partial charge in [0.1, 0.15) is 34.6 Å². The van der Waals surface area contributed by atoms with Crippen LogP contribution >= 0.6 is 0 Å². The summed E-state index contributed by atoms with van der Waals surface area (Å²) in [7, 11) is 0. The number of amides is 1. The highest BCUT2D eigenvalue weighted by Gasteiger charge is 2.74. The van der Waals surface area contributed by atoms with Gasteiger partial charge in [0.25, 0.3) is 5.91 Å². The number of likely N-dealkylation sites (tertiary alicyclic amines) is 1. The van der Waals surface area contributed by atoms with E-state index in [1.165, 1.54) is 6.07 Å². The zero-order valence-corrected chi connectivity index (χ0v) is 19.7. The summed E-state index contributed by atoms with van der Waals surface area (Å²) in [5, 5.41) is 32.4. The number of hydrogen-bond donors (Lipinski definition) is 3. The van der Waals surface area contributed by atoms with Crippen molar-refractivity contribution in [1.82, 2.24) is 4.90 Å². The average Bonchev–Trinajstić information content (AvgIpc) is 2.79. The van der Waals surface area contributed by atoms with Gasteiger partial charge >= 0.3 is 0 Å². The molecule has 0 bridgehead atoms. The van der Waals surface area contributed by atoms with Gasteiger partial charge in [-0.15, -0.1) is 0 Å². The van der Waals surface area contributed by atoms with Crippen molar-refractivity contribution in [2.24, 2.45) is 17.3 Å². The van der Waals surface area contributed by atoms with Gasteiger partial charge in [0.15, 0.2) is 0 Å². The van der Waals surface area contributed by atoms with Gasteiger partial charge in [-0.3, -0.25) is 4.79 Å². The lowest BCUT2D eigenvalue weighted by Gasteiger charge is -2.69. The number of aliphatic hydroxyl groups is 3. The maximum absolute atomic E-state index is 17.2. The van der Waals surface area contributed by atoms with Crippen LogP contribution in [-0.2, 0) is 0 Å². The fraction of sp³-hybridized carbons (Fsp3) is 0.731. The van der Waals surface area contributed by atoms with Crippen molar-refractivity contribution in [2.75, 3.05) is 6.54 Å². The minimum absolute atomic E-state index is 0.0653. The molecule has 5 nitrogen and oxygen atoms in total. The van der Waals surface area contributed by atoms with E-state index in [1.807, 2.05) is 6.92 Å². The number of benzene rings is 1. The van der Waals surface area contributed by atoms with E-state index in [2.05, 4.69) is 0 Å². The molecular formula is C26H34F3NO4. The summed E-state index contributed by atoms with van der Waals surface area (Å²) in [4.78, 5) is 15.0. The van der Waals surface area contributed by atoms with Gasteiger partial charge < -0.3 is 20.2 Å². The van der Waals surface area contributed by atoms with Crippen molar-refractivity contribution in [2.45, 2.75) is 94.2 Å². The number of carbonyl (C=O) groups excluding carboxylic acids is 1. The normalized spacial score (nSPS) is 46.3. The number of fused-ring (bicyclic) bond motifs is 5. The third-order valence-corrected chi connectivity index (χ3v) is 10.3. The molecule has 0 radical (unpaired) electrons. The smallest absolute Gasteiger partial charge is 0.260 e. The molecule has 0 aromatic heterocycles. The van der Waals surface area contributed by atoms with Gasteiger partial charge in [-0.25, -0.2) is 13.2 Å². The number of alkyl halides is 1. The highest BCUT2D eigenvalue weighted by Crippen LogP contribution is 2.68. The van der Waals surface area contributed by atoms with Crippen molar-refractivity contribution in [3.63, 3.8) is 0 Å². The zero-order chi connectivity index (χ0) is 24.7. The number of rotatable bonds is 1. The molecule has 3 saturated carbocycles. The first kappa shape index (κ1) is 24.1. The van der Waals surface area contributed by atoms with Crippen LogP contribution in [0.4, 0.5) is 13.2 Å². The predicted octanol–water partition coefficient (Wildman–Crippen LogP) is 3.74. The molecule has 8 atom stereocenters. The van der Waals surface area contributed by atoms with Crippen molar-refractivity contribution in [3.8, 4) is 0 Å². The fourth-order valence-corrected chi connectivity index (χ4v) is 8.24. The first-order chi connectivity index (χ1) is 15.9. The Morgan fingerprint density at radius 3 is 2.35 bits per heavy atom. The monoisotopic (exact) mass is 481 g/mol. The van der Waals surface area contributed by atoms with E-state index in [-0.39, 0.29) is 38.0 Å². The van der Waals surface area contributed by atoms with Crippen LogP contribution < -0.4 is 0 Å². The van der Waals surface area contributed by atoms with Crippen LogP contribution in [0.25, 0.3) is 0 Å². The molecule has 5 rings (SSSR count). The molecule has 4 aliphatic rings. The predicted molar refractivity (Wildman–Crippen MR) is 119 cm³/mol. The van der Waals surface area contributed by atoms with Crippen molar-refractivity contribution in [3.05, 3.63) is 35.4 Å². The molecule has 0 spiro atoms. The second-order valence-corrected chi connectivity index (χ2v) is 11.5. The molecule has 3 aliphatic carbocycles. The first-order valence-corrected chi connectivity index (χ1v) is 12.4. The van der Waals surface area contributed by atoms with Crippen LogP contribution in [0.2, 0.25) is 0 Å². The van der Waals surface area contributed by atoms with E-state index in [9.17, 15) is 28.9 Å². The molecular weight excluding hydrogens is 447 g/mol. The highest BCUT2D eigenvalue weighted by molar-refractivity contribution is 5.95. The molecule has 8 heteroatoms. The van der Waals surface area contributed by atoms with Crippen LogP contribution in [0.1, 0.15) is 75.6 Å². The van der Waals surface area contributed by atoms with Crippen LogP contribution in [0, 0.1) is 28.9 Å². The summed E-state index contributed by atoms with van der Waals surface area (Å²) in [5.41, 5.74) is -6.11. The van der Waals surface area contributed by atoms with E-state index in [1.54, 1.807) is 11.8 Å². The van der Waals surface area contributed by atoms with E-state index in [0.29, 0.717) is 25.8 Å². The largest absolute Gasteiger partial charge is 0.390 e. The Kier molecular flexibility index (Phi) is 5.44. The maximum atomic E-state index is 17.2. The van der Waals surface area contributed by atoms with Crippen LogP contribution in [0.5, 0.6) is 0 Å². The lowest BCUT2D eigenvalue weighted by Crippen LogP contribution is -2.76. The van der Waals surface area contributed by atoms with Crippen LogP contribution in [-0.4, -0.2) is 61.7 Å². The molecule has 34 heavy (non-hydrogen) atoms. The maximum Gasteiger partial charge on any atom is 0.260 e. The van der Waals surface area contributed by atoms with E-state index in [4.69, 9.17) is 0 Å². The Morgan fingerprint density at radius 2 is 1.68 bits per heavy atom. The second-order valence-electron chi connectivity index (χ2n) is 11.5. The summed E-state index contributed by atoms with van der Waals surface area (Å²) in [5.74, 6) is -3.24. The summed E-state index contributed by atoms with van der Waals surface area (Å²) in [6, 6.07) is 3.36. The number of aliphatic hydroxyl groups excluding tert-OH is 2. The molecule has 1 aliphatic heterocycles. The minimum Gasteiger partial charge on any atom is -0.390 e. The molecule has 1 heterocycles. The summed E-state index contributed by atoms with van der Waals surface area (Å²) in [6.45, 7) is 3.94. The molecule has 4 fully saturated rings. The quantitative estimate of drug-likeness (QED) is 0.571. The van der Waals surface area contributed by atoms with E-state index < -0.39 is 63.5 Å². The van der Waals surface area contributed by atoms with E-state index >= 15 is 4.39 Å². The number of piperidine rings is 1. The molecule has 3 N–H and O–H groups in total. The molecule has 188 valence electrons. The van der Waals surface area contributed by atoms with Crippen LogP contribution in [0.15, 0.2) is 18.2 Å². The van der Waals surface area contributed by atoms with Gasteiger partial charge in [-0.2, -0.15) is 0 Å². The number of halogens is 3. The topological polar surface area (TPSA) is 81.0 Å². The first-order valence-electron chi connectivity index (χ1n) is 12.4. The third kappa shape index (κ3) is 2.88. The van der Waals surface area contributed by atoms with E-state index in [0.717, 1.165) is 12.1 Å². The van der Waals surface area contributed by atoms with Gasteiger partial charge in [-0.05, 0) is 82.3 Å². The SMILES string of the molecule is C[C@]12CC[C@H](O)[C@H](O)[C@]1(O)CC[C@H]1[C@@H]3CCCN(C(=O)c4c(F)cccc4F)[C@@]3(C)CC[C@@]12F. The van der Waals surface area contributed by atoms with Gasteiger partial charge in [0.2, 0.25) is 0 Å². The van der Waals surface area contributed by atoms with Crippen molar-refractivity contribution < 1.29 is 33.3 Å². The Balaban J connectivity index is 1.52. The zero-order valence-electron chi connectivity index (χ0n) is 19.7. The van der Waals surface area contributed by atoms with Gasteiger partial charge in [0.05, 0.1) is 6.10 Å². The number of hydrogen-bond acceptors (Lipinski definition) is 4. The molecule has 1 amide bonds. The summed E-state index contributed by atoms with van der Waals surface area (Å²) in [6.07, 6.45) is 0.0360.